The SMILES string of the molecule is CCCc1cc(Oc2ccccc2)ccc1OCCCOc1ccc(S(=O)(=O)N2CC[C@H]2OC(=O)O)cc1. The highest BCUT2D eigenvalue weighted by Gasteiger charge is 2.41. The van der Waals surface area contributed by atoms with E-state index in [0.29, 0.717) is 31.8 Å². The van der Waals surface area contributed by atoms with Gasteiger partial charge >= 0.3 is 6.16 Å². The van der Waals surface area contributed by atoms with Gasteiger partial charge in [0.15, 0.2) is 6.23 Å². The highest BCUT2D eigenvalue weighted by Crippen LogP contribution is 2.30. The fourth-order valence-electron chi connectivity index (χ4n) is 3.97. The number of aryl methyl sites for hydroxylation is 1. The third-order valence-electron chi connectivity index (χ3n) is 5.93. The van der Waals surface area contributed by atoms with Gasteiger partial charge in [0.25, 0.3) is 0 Å². The number of carboxylic acid groups (broad SMARTS) is 1. The summed E-state index contributed by atoms with van der Waals surface area (Å²) in [4.78, 5) is 10.8. The summed E-state index contributed by atoms with van der Waals surface area (Å²) < 4.78 is 48.8. The molecule has 0 amide bonds. The van der Waals surface area contributed by atoms with Crippen LogP contribution in [0.15, 0.2) is 77.7 Å². The van der Waals surface area contributed by atoms with E-state index >= 15 is 0 Å². The number of carbonyl (C=O) groups is 1. The molecule has 1 fully saturated rings. The largest absolute Gasteiger partial charge is 0.507 e. The molecule has 1 atom stereocenters. The Bertz CT molecular complexity index is 1310. The van der Waals surface area contributed by atoms with Crippen LogP contribution in [0.1, 0.15) is 31.7 Å². The van der Waals surface area contributed by atoms with Gasteiger partial charge in [0.2, 0.25) is 10.0 Å². The van der Waals surface area contributed by atoms with Crippen molar-refractivity contribution in [3.05, 3.63) is 78.4 Å². The molecule has 0 radical (unpaired) electrons. The number of nitrogens with zero attached hydrogens (tertiary/aromatic N) is 1. The Hall–Kier alpha value is -3.76. The fraction of sp³-hybridized carbons (Fsp3) is 0.321. The second kappa shape index (κ2) is 12.7. The molecule has 9 nitrogen and oxygen atoms in total. The maximum absolute atomic E-state index is 12.7. The molecule has 0 aromatic heterocycles. The molecule has 1 heterocycles. The lowest BCUT2D eigenvalue weighted by molar-refractivity contribution is -0.0490. The molecule has 1 aliphatic rings. The van der Waals surface area contributed by atoms with E-state index in [4.69, 9.17) is 19.3 Å². The number of para-hydroxylation sites is 1. The van der Waals surface area contributed by atoms with Gasteiger partial charge in [0.05, 0.1) is 18.1 Å². The molecule has 202 valence electrons. The number of rotatable bonds is 13. The molecule has 0 saturated carbocycles. The van der Waals surface area contributed by atoms with Crippen molar-refractivity contribution in [1.82, 2.24) is 4.31 Å². The van der Waals surface area contributed by atoms with Crippen LogP contribution in [0.5, 0.6) is 23.0 Å². The lowest BCUT2D eigenvalue weighted by atomic mass is 10.1. The van der Waals surface area contributed by atoms with Crippen molar-refractivity contribution in [1.29, 1.82) is 0 Å². The van der Waals surface area contributed by atoms with E-state index in [1.54, 1.807) is 12.1 Å². The minimum absolute atomic E-state index is 0.0509. The van der Waals surface area contributed by atoms with Gasteiger partial charge in [-0.25, -0.2) is 13.2 Å². The Morgan fingerprint density at radius 3 is 2.32 bits per heavy atom. The van der Waals surface area contributed by atoms with E-state index in [1.165, 1.54) is 12.1 Å². The molecule has 1 saturated heterocycles. The summed E-state index contributed by atoms with van der Waals surface area (Å²) in [6, 6.07) is 21.5. The first kappa shape index (κ1) is 27.3. The summed E-state index contributed by atoms with van der Waals surface area (Å²) in [6.07, 6.45) is 0.326. The van der Waals surface area contributed by atoms with Crippen molar-refractivity contribution in [2.45, 2.75) is 43.7 Å². The number of sulfonamides is 1. The first-order chi connectivity index (χ1) is 18.4. The van der Waals surface area contributed by atoms with E-state index in [0.717, 1.165) is 40.0 Å². The smallest absolute Gasteiger partial charge is 0.493 e. The summed E-state index contributed by atoms with van der Waals surface area (Å²) in [5.74, 6) is 2.89. The zero-order chi connectivity index (χ0) is 27.0. The highest BCUT2D eigenvalue weighted by atomic mass is 32.2. The van der Waals surface area contributed by atoms with Crippen molar-refractivity contribution in [2.24, 2.45) is 0 Å². The average Bonchev–Trinajstić information content (AvgIpc) is 2.88. The molecule has 0 bridgehead atoms. The van der Waals surface area contributed by atoms with Gasteiger partial charge in [0, 0.05) is 19.4 Å². The highest BCUT2D eigenvalue weighted by molar-refractivity contribution is 7.89. The van der Waals surface area contributed by atoms with Crippen LogP contribution >= 0.6 is 0 Å². The summed E-state index contributed by atoms with van der Waals surface area (Å²) in [6.45, 7) is 3.18. The third-order valence-corrected chi connectivity index (χ3v) is 7.83. The van der Waals surface area contributed by atoms with Crippen LogP contribution in [0.4, 0.5) is 4.79 Å². The Morgan fingerprint density at radius 1 is 0.947 bits per heavy atom. The maximum atomic E-state index is 12.7. The summed E-state index contributed by atoms with van der Waals surface area (Å²) in [5, 5.41) is 8.75. The van der Waals surface area contributed by atoms with Gasteiger partial charge in [-0.15, -0.1) is 0 Å². The Balaban J connectivity index is 1.25. The third kappa shape index (κ3) is 6.96. The molecule has 4 rings (SSSR count). The van der Waals surface area contributed by atoms with E-state index in [9.17, 15) is 13.2 Å². The van der Waals surface area contributed by atoms with Crippen molar-refractivity contribution in [3.63, 3.8) is 0 Å². The number of hydrogen-bond acceptors (Lipinski definition) is 7. The Morgan fingerprint density at radius 2 is 1.66 bits per heavy atom. The molecular weight excluding hydrogens is 510 g/mol. The Kier molecular flexibility index (Phi) is 9.09. The van der Waals surface area contributed by atoms with Crippen molar-refractivity contribution < 1.29 is 37.3 Å². The standard InChI is InChI=1S/C28H31NO8S/c1-2-7-21-20-24(36-23-8-4-3-5-9-23)12-15-26(21)35-19-6-18-34-22-10-13-25(14-11-22)38(32,33)29-17-16-27(29)37-28(30)31/h3-5,8-15,20,27H,2,6-7,16-19H2,1H3,(H,30,31)/t27-/m1/s1. The summed E-state index contributed by atoms with van der Waals surface area (Å²) in [5.41, 5.74) is 1.08. The van der Waals surface area contributed by atoms with Crippen LogP contribution in [0.3, 0.4) is 0 Å². The molecular formula is C28H31NO8S. The number of benzene rings is 3. The molecule has 1 aliphatic heterocycles. The molecule has 3 aromatic carbocycles. The lowest BCUT2D eigenvalue weighted by Gasteiger charge is -2.37. The minimum Gasteiger partial charge on any atom is -0.493 e. The maximum Gasteiger partial charge on any atom is 0.507 e. The van der Waals surface area contributed by atoms with Gasteiger partial charge in [-0.05, 0) is 66.6 Å². The van der Waals surface area contributed by atoms with Crippen LogP contribution in [0.25, 0.3) is 0 Å². The van der Waals surface area contributed by atoms with Crippen LogP contribution in [-0.2, 0) is 21.2 Å². The van der Waals surface area contributed by atoms with E-state index in [-0.39, 0.29) is 11.4 Å². The van der Waals surface area contributed by atoms with Gasteiger partial charge in [0.1, 0.15) is 23.0 Å². The lowest BCUT2D eigenvalue weighted by Crippen LogP contribution is -2.52. The summed E-state index contributed by atoms with van der Waals surface area (Å²) >= 11 is 0. The summed E-state index contributed by atoms with van der Waals surface area (Å²) in [7, 11) is -3.84. The van der Waals surface area contributed by atoms with E-state index in [1.807, 2.05) is 48.5 Å². The van der Waals surface area contributed by atoms with Gasteiger partial charge in [-0.1, -0.05) is 31.5 Å². The molecule has 0 unspecified atom stereocenters. The first-order valence-corrected chi connectivity index (χ1v) is 13.9. The van der Waals surface area contributed by atoms with Gasteiger partial charge in [-0.2, -0.15) is 4.31 Å². The van der Waals surface area contributed by atoms with Crippen molar-refractivity contribution >= 4 is 16.2 Å². The molecule has 3 aromatic rings. The zero-order valence-electron chi connectivity index (χ0n) is 21.1. The van der Waals surface area contributed by atoms with Gasteiger partial charge in [-0.3, -0.25) is 0 Å². The molecule has 10 heteroatoms. The predicted octanol–water partition coefficient (Wildman–Crippen LogP) is 5.69. The molecule has 1 N–H and O–H groups in total. The van der Waals surface area contributed by atoms with Crippen LogP contribution < -0.4 is 14.2 Å². The van der Waals surface area contributed by atoms with Crippen LogP contribution in [0, 0.1) is 0 Å². The molecule has 38 heavy (non-hydrogen) atoms. The topological polar surface area (TPSA) is 112 Å². The molecule has 0 aliphatic carbocycles. The van der Waals surface area contributed by atoms with Crippen molar-refractivity contribution in [3.8, 4) is 23.0 Å². The normalized spacial score (nSPS) is 15.3. The van der Waals surface area contributed by atoms with Crippen LogP contribution in [0.2, 0.25) is 0 Å². The molecule has 0 spiro atoms. The van der Waals surface area contributed by atoms with E-state index < -0.39 is 22.4 Å². The van der Waals surface area contributed by atoms with Crippen LogP contribution in [-0.4, -0.2) is 50.0 Å². The monoisotopic (exact) mass is 541 g/mol. The second-order valence-corrected chi connectivity index (χ2v) is 10.6. The van der Waals surface area contributed by atoms with Gasteiger partial charge < -0.3 is 24.1 Å². The minimum atomic E-state index is -3.84. The average molecular weight is 542 g/mol. The number of ether oxygens (including phenoxy) is 4. The second-order valence-electron chi connectivity index (χ2n) is 8.70. The Labute approximate surface area is 222 Å². The first-order valence-electron chi connectivity index (χ1n) is 12.5. The number of hydrogen-bond donors (Lipinski definition) is 1. The van der Waals surface area contributed by atoms with E-state index in [2.05, 4.69) is 11.7 Å². The predicted molar refractivity (Wildman–Crippen MR) is 140 cm³/mol. The fourth-order valence-corrected chi connectivity index (χ4v) is 5.53. The zero-order valence-corrected chi connectivity index (χ0v) is 21.9. The van der Waals surface area contributed by atoms with Crippen molar-refractivity contribution in [2.75, 3.05) is 19.8 Å². The quantitative estimate of drug-likeness (QED) is 0.217.